The van der Waals surface area contributed by atoms with E-state index in [1.54, 1.807) is 24.4 Å². The highest BCUT2D eigenvalue weighted by Crippen LogP contribution is 2.40. The van der Waals surface area contributed by atoms with Gasteiger partial charge in [0.05, 0.1) is 5.02 Å². The van der Waals surface area contributed by atoms with Crippen LogP contribution in [0.3, 0.4) is 0 Å². The molecule has 0 aliphatic heterocycles. The molecule has 1 aromatic carbocycles. The minimum Gasteiger partial charge on any atom is -0.356 e. The van der Waals surface area contributed by atoms with Crippen molar-refractivity contribution < 1.29 is 9.18 Å². The van der Waals surface area contributed by atoms with Crippen molar-refractivity contribution in [2.45, 2.75) is 18.4 Å². The smallest absolute Gasteiger partial charge is 0.267 e. The molecule has 2 unspecified atom stereocenters. The van der Waals surface area contributed by atoms with Crippen LogP contribution >= 0.6 is 11.6 Å². The molecule has 19 heavy (non-hydrogen) atoms. The molecule has 1 heterocycles. The van der Waals surface area contributed by atoms with Gasteiger partial charge in [0.25, 0.3) is 5.91 Å². The molecule has 2 N–H and O–H groups in total. The zero-order valence-electron chi connectivity index (χ0n) is 9.99. The molecule has 1 fully saturated rings. The summed E-state index contributed by atoms with van der Waals surface area (Å²) in [5, 5.41) is 3.43. The van der Waals surface area contributed by atoms with Gasteiger partial charge in [-0.25, -0.2) is 4.39 Å². The second kappa shape index (κ2) is 4.70. The van der Waals surface area contributed by atoms with Crippen LogP contribution in [-0.2, 0) is 0 Å². The number of nitrogens with one attached hydrogen (secondary N) is 2. The summed E-state index contributed by atoms with van der Waals surface area (Å²) < 4.78 is 12.8. The van der Waals surface area contributed by atoms with Gasteiger partial charge < -0.3 is 10.3 Å². The Labute approximate surface area is 114 Å². The van der Waals surface area contributed by atoms with Crippen LogP contribution in [-0.4, -0.2) is 16.9 Å². The van der Waals surface area contributed by atoms with Crippen molar-refractivity contribution in [3.05, 3.63) is 58.6 Å². The third-order valence-electron chi connectivity index (χ3n) is 3.30. The number of hydrogen-bond acceptors (Lipinski definition) is 1. The zero-order chi connectivity index (χ0) is 13.4. The molecule has 2 atom stereocenters. The normalized spacial score (nSPS) is 21.2. The van der Waals surface area contributed by atoms with Crippen LogP contribution in [0.15, 0.2) is 36.5 Å². The summed E-state index contributed by atoms with van der Waals surface area (Å²) >= 11 is 5.75. The van der Waals surface area contributed by atoms with Gasteiger partial charge in [-0.15, -0.1) is 0 Å². The van der Waals surface area contributed by atoms with Crippen molar-refractivity contribution in [3.8, 4) is 0 Å². The number of benzene rings is 1. The number of carbonyl (C=O) groups is 1. The first-order valence-electron chi connectivity index (χ1n) is 6.04. The first kappa shape index (κ1) is 12.2. The fourth-order valence-corrected chi connectivity index (χ4v) is 2.34. The molecule has 5 heteroatoms. The molecule has 1 aromatic heterocycles. The van der Waals surface area contributed by atoms with E-state index < -0.39 is 0 Å². The molecule has 98 valence electrons. The van der Waals surface area contributed by atoms with E-state index >= 15 is 0 Å². The highest BCUT2D eigenvalue weighted by molar-refractivity contribution is 6.30. The van der Waals surface area contributed by atoms with Crippen molar-refractivity contribution in [3.63, 3.8) is 0 Å². The predicted octanol–water partition coefficient (Wildman–Crippen LogP) is 3.09. The highest BCUT2D eigenvalue weighted by Gasteiger charge is 2.39. The Bertz CT molecular complexity index is 608. The minimum absolute atomic E-state index is 0.111. The number of carbonyl (C=O) groups excluding carboxylic acids is 1. The van der Waals surface area contributed by atoms with E-state index in [0.29, 0.717) is 10.7 Å². The second-order valence-electron chi connectivity index (χ2n) is 4.71. The van der Waals surface area contributed by atoms with E-state index in [9.17, 15) is 9.18 Å². The molecule has 0 radical (unpaired) electrons. The van der Waals surface area contributed by atoms with Gasteiger partial charge in [-0.3, -0.25) is 4.79 Å². The second-order valence-corrected chi connectivity index (χ2v) is 5.14. The van der Waals surface area contributed by atoms with E-state index in [0.717, 1.165) is 12.0 Å². The lowest BCUT2D eigenvalue weighted by Gasteiger charge is -2.03. The Hall–Kier alpha value is -1.81. The van der Waals surface area contributed by atoms with E-state index in [1.165, 1.54) is 12.1 Å². The molecule has 0 bridgehead atoms. The van der Waals surface area contributed by atoms with Gasteiger partial charge in [-0.05, 0) is 30.2 Å². The number of hydrogen-bond donors (Lipinski definition) is 2. The topological polar surface area (TPSA) is 44.9 Å². The van der Waals surface area contributed by atoms with E-state index in [1.807, 2.05) is 0 Å². The lowest BCUT2D eigenvalue weighted by Crippen LogP contribution is -2.26. The monoisotopic (exact) mass is 278 g/mol. The van der Waals surface area contributed by atoms with Crippen LogP contribution in [0.4, 0.5) is 4.39 Å². The summed E-state index contributed by atoms with van der Waals surface area (Å²) in [6.07, 6.45) is 2.45. The zero-order valence-corrected chi connectivity index (χ0v) is 10.7. The molecule has 3 rings (SSSR count). The van der Waals surface area contributed by atoms with E-state index in [2.05, 4.69) is 10.3 Å². The van der Waals surface area contributed by atoms with Gasteiger partial charge in [0.15, 0.2) is 0 Å². The maximum Gasteiger partial charge on any atom is 0.267 e. The fourth-order valence-electron chi connectivity index (χ4n) is 2.18. The average molecular weight is 279 g/mol. The van der Waals surface area contributed by atoms with Crippen LogP contribution in [0.25, 0.3) is 0 Å². The first-order chi connectivity index (χ1) is 9.13. The molecule has 1 aliphatic rings. The molecule has 0 saturated heterocycles. The summed E-state index contributed by atoms with van der Waals surface area (Å²) in [7, 11) is 0. The lowest BCUT2D eigenvalue weighted by atomic mass is 10.1. The Morgan fingerprint density at radius 3 is 2.74 bits per heavy atom. The largest absolute Gasteiger partial charge is 0.356 e. The quantitative estimate of drug-likeness (QED) is 0.890. The van der Waals surface area contributed by atoms with Gasteiger partial charge >= 0.3 is 0 Å². The summed E-state index contributed by atoms with van der Waals surface area (Å²) in [6.45, 7) is 0. The predicted molar refractivity (Wildman–Crippen MR) is 70.8 cm³/mol. The first-order valence-corrected chi connectivity index (χ1v) is 6.41. The number of aromatic amines is 1. The molecule has 0 spiro atoms. The number of rotatable bonds is 3. The number of H-pyrrole nitrogens is 1. The Kier molecular flexibility index (Phi) is 3.03. The lowest BCUT2D eigenvalue weighted by molar-refractivity contribution is 0.0946. The fraction of sp³-hybridized carbons (Fsp3) is 0.214. The maximum absolute atomic E-state index is 12.8. The Morgan fingerprint density at radius 2 is 2.11 bits per heavy atom. The number of aromatic nitrogens is 1. The third-order valence-corrected chi connectivity index (χ3v) is 3.52. The molecule has 1 aliphatic carbocycles. The van der Waals surface area contributed by atoms with Crippen molar-refractivity contribution in [2.24, 2.45) is 0 Å². The molecule has 2 aromatic rings. The van der Waals surface area contributed by atoms with E-state index in [-0.39, 0.29) is 23.7 Å². The van der Waals surface area contributed by atoms with E-state index in [4.69, 9.17) is 11.6 Å². The van der Waals surface area contributed by atoms with Gasteiger partial charge in [0.1, 0.15) is 11.5 Å². The van der Waals surface area contributed by atoms with Crippen LogP contribution in [0.1, 0.15) is 28.4 Å². The standard InChI is InChI=1S/C14H12ClFN2O/c15-9-5-13(17-7-9)14(19)18-12-6-11(12)8-1-3-10(16)4-2-8/h1-5,7,11-12,17H,6H2,(H,18,19). The minimum atomic E-state index is -0.244. The third kappa shape index (κ3) is 2.63. The van der Waals surface area contributed by atoms with Gasteiger partial charge in [0, 0.05) is 18.2 Å². The summed E-state index contributed by atoms with van der Waals surface area (Å²) in [5.41, 5.74) is 1.51. The molecule has 1 amide bonds. The molecular formula is C14H12ClFN2O. The van der Waals surface area contributed by atoms with Crippen LogP contribution in [0.5, 0.6) is 0 Å². The SMILES string of the molecule is O=C(NC1CC1c1ccc(F)cc1)c1cc(Cl)c[nH]1. The summed E-state index contributed by atoms with van der Waals surface area (Å²) in [4.78, 5) is 14.7. The van der Waals surface area contributed by atoms with Gasteiger partial charge in [-0.2, -0.15) is 0 Å². The number of amides is 1. The summed E-state index contributed by atoms with van der Waals surface area (Å²) in [6, 6.07) is 8.11. The highest BCUT2D eigenvalue weighted by atomic mass is 35.5. The maximum atomic E-state index is 12.8. The molecule has 3 nitrogen and oxygen atoms in total. The van der Waals surface area contributed by atoms with Gasteiger partial charge in [-0.1, -0.05) is 23.7 Å². The van der Waals surface area contributed by atoms with Crippen molar-refractivity contribution >= 4 is 17.5 Å². The van der Waals surface area contributed by atoms with Crippen LogP contribution in [0.2, 0.25) is 5.02 Å². The van der Waals surface area contributed by atoms with Crippen molar-refractivity contribution in [1.29, 1.82) is 0 Å². The van der Waals surface area contributed by atoms with Crippen molar-refractivity contribution in [2.75, 3.05) is 0 Å². The Balaban J connectivity index is 1.61. The van der Waals surface area contributed by atoms with Crippen LogP contribution in [0, 0.1) is 5.82 Å². The van der Waals surface area contributed by atoms with Gasteiger partial charge in [0.2, 0.25) is 0 Å². The number of halogens is 2. The summed E-state index contributed by atoms with van der Waals surface area (Å²) in [5.74, 6) is -0.137. The molecular weight excluding hydrogens is 267 g/mol. The van der Waals surface area contributed by atoms with Crippen LogP contribution < -0.4 is 5.32 Å². The molecule has 1 saturated carbocycles. The van der Waals surface area contributed by atoms with Crippen molar-refractivity contribution in [1.82, 2.24) is 10.3 Å². The Morgan fingerprint density at radius 1 is 1.37 bits per heavy atom. The average Bonchev–Trinajstić information content (AvgIpc) is 3.00.